The first-order valence-corrected chi connectivity index (χ1v) is 5.05. The molecular formula is C10H10BrN3. The van der Waals surface area contributed by atoms with E-state index in [0.717, 1.165) is 15.8 Å². The zero-order valence-electron chi connectivity index (χ0n) is 7.74. The zero-order chi connectivity index (χ0) is 9.97. The molecule has 0 spiro atoms. The van der Waals surface area contributed by atoms with Crippen molar-refractivity contribution < 1.29 is 0 Å². The van der Waals surface area contributed by atoms with Crippen LogP contribution in [-0.2, 0) is 7.05 Å². The molecule has 4 heteroatoms. The number of hydrogen-bond acceptors (Lipinski definition) is 2. The molecule has 1 aromatic heterocycles. The van der Waals surface area contributed by atoms with Crippen molar-refractivity contribution in [3.05, 3.63) is 41.1 Å². The normalized spacial score (nSPS) is 10.1. The lowest BCUT2D eigenvalue weighted by molar-refractivity contribution is 0.768. The second-order valence-corrected chi connectivity index (χ2v) is 3.86. The number of para-hydroxylation sites is 1. The smallest absolute Gasteiger partial charge is 0.0770 e. The van der Waals surface area contributed by atoms with Gasteiger partial charge < -0.3 is 5.32 Å². The molecule has 0 aliphatic heterocycles. The minimum absolute atomic E-state index is 0.986. The van der Waals surface area contributed by atoms with Crippen molar-refractivity contribution in [2.45, 2.75) is 0 Å². The van der Waals surface area contributed by atoms with E-state index in [4.69, 9.17) is 0 Å². The number of nitrogens with zero attached hydrogens (tertiary/aromatic N) is 2. The molecule has 0 atom stereocenters. The van der Waals surface area contributed by atoms with E-state index in [0.29, 0.717) is 0 Å². The molecule has 14 heavy (non-hydrogen) atoms. The Morgan fingerprint density at radius 3 is 2.79 bits per heavy atom. The van der Waals surface area contributed by atoms with Crippen LogP contribution in [0.3, 0.4) is 0 Å². The first-order valence-electron chi connectivity index (χ1n) is 4.26. The van der Waals surface area contributed by atoms with Crippen LogP contribution in [0.5, 0.6) is 0 Å². The van der Waals surface area contributed by atoms with Crippen molar-refractivity contribution in [1.82, 2.24) is 9.78 Å². The third-order valence-corrected chi connectivity index (χ3v) is 2.55. The average molecular weight is 252 g/mol. The third-order valence-electron chi connectivity index (χ3n) is 1.86. The molecule has 72 valence electrons. The van der Waals surface area contributed by atoms with Crippen LogP contribution in [0, 0.1) is 0 Å². The van der Waals surface area contributed by atoms with Crippen LogP contribution < -0.4 is 5.32 Å². The van der Waals surface area contributed by atoms with Gasteiger partial charge in [0.1, 0.15) is 0 Å². The average Bonchev–Trinajstić information content (AvgIpc) is 2.56. The Hall–Kier alpha value is -1.29. The summed E-state index contributed by atoms with van der Waals surface area (Å²) in [6.07, 6.45) is 3.72. The quantitative estimate of drug-likeness (QED) is 0.890. The van der Waals surface area contributed by atoms with Crippen LogP contribution in [0.25, 0.3) is 0 Å². The van der Waals surface area contributed by atoms with Crippen LogP contribution in [0.1, 0.15) is 0 Å². The number of nitrogens with one attached hydrogen (secondary N) is 1. The number of halogens is 1. The fourth-order valence-corrected chi connectivity index (χ4v) is 1.59. The van der Waals surface area contributed by atoms with E-state index in [1.165, 1.54) is 0 Å². The van der Waals surface area contributed by atoms with Crippen molar-refractivity contribution >= 4 is 27.3 Å². The number of aromatic nitrogens is 2. The summed E-state index contributed by atoms with van der Waals surface area (Å²) in [7, 11) is 1.89. The van der Waals surface area contributed by atoms with Gasteiger partial charge in [0.25, 0.3) is 0 Å². The summed E-state index contributed by atoms with van der Waals surface area (Å²) < 4.78 is 2.81. The Bertz CT molecular complexity index is 436. The first kappa shape index (κ1) is 9.27. The molecule has 0 aliphatic rings. The fraction of sp³-hybridized carbons (Fsp3) is 0.100. The van der Waals surface area contributed by atoms with Crippen LogP contribution in [0.2, 0.25) is 0 Å². The lowest BCUT2D eigenvalue weighted by Crippen LogP contribution is -1.89. The monoisotopic (exact) mass is 251 g/mol. The van der Waals surface area contributed by atoms with E-state index >= 15 is 0 Å². The Balaban J connectivity index is 2.23. The van der Waals surface area contributed by atoms with Crippen LogP contribution >= 0.6 is 15.9 Å². The van der Waals surface area contributed by atoms with E-state index in [1.54, 1.807) is 10.9 Å². The maximum atomic E-state index is 4.08. The molecule has 1 heterocycles. The van der Waals surface area contributed by atoms with Gasteiger partial charge in [-0.2, -0.15) is 5.10 Å². The van der Waals surface area contributed by atoms with E-state index in [1.807, 2.05) is 37.5 Å². The lowest BCUT2D eigenvalue weighted by Gasteiger charge is -2.04. The Morgan fingerprint density at radius 1 is 1.36 bits per heavy atom. The van der Waals surface area contributed by atoms with Crippen LogP contribution in [0.15, 0.2) is 41.1 Å². The van der Waals surface area contributed by atoms with Gasteiger partial charge in [0.15, 0.2) is 0 Å². The second kappa shape index (κ2) is 3.84. The largest absolute Gasteiger partial charge is 0.352 e. The van der Waals surface area contributed by atoms with Crippen LogP contribution in [0.4, 0.5) is 11.4 Å². The highest BCUT2D eigenvalue weighted by Crippen LogP contribution is 2.24. The van der Waals surface area contributed by atoms with Gasteiger partial charge in [-0.1, -0.05) is 12.1 Å². The molecule has 0 bridgehead atoms. The standard InChI is InChI=1S/C10H10BrN3/c1-14-7-8(6-12-14)13-10-5-3-2-4-9(10)11/h2-7,13H,1H3. The van der Waals surface area contributed by atoms with Crippen molar-refractivity contribution in [3.63, 3.8) is 0 Å². The van der Waals surface area contributed by atoms with Crippen molar-refractivity contribution in [3.8, 4) is 0 Å². The van der Waals surface area contributed by atoms with Gasteiger partial charge in [-0.15, -0.1) is 0 Å². The van der Waals surface area contributed by atoms with Gasteiger partial charge in [-0.25, -0.2) is 0 Å². The number of hydrogen-bond donors (Lipinski definition) is 1. The molecule has 0 unspecified atom stereocenters. The molecule has 2 aromatic rings. The molecule has 3 nitrogen and oxygen atoms in total. The molecule has 0 saturated carbocycles. The van der Waals surface area contributed by atoms with Crippen molar-refractivity contribution in [2.75, 3.05) is 5.32 Å². The second-order valence-electron chi connectivity index (χ2n) is 3.01. The highest BCUT2D eigenvalue weighted by molar-refractivity contribution is 9.10. The Labute approximate surface area is 90.9 Å². The summed E-state index contributed by atoms with van der Waals surface area (Å²) in [5.74, 6) is 0. The number of anilines is 2. The van der Waals surface area contributed by atoms with Crippen molar-refractivity contribution in [1.29, 1.82) is 0 Å². The summed E-state index contributed by atoms with van der Waals surface area (Å²) in [5, 5.41) is 7.34. The molecule has 0 fully saturated rings. The van der Waals surface area contributed by atoms with Gasteiger partial charge >= 0.3 is 0 Å². The molecule has 0 radical (unpaired) electrons. The number of aryl methyl sites for hydroxylation is 1. The lowest BCUT2D eigenvalue weighted by atomic mass is 10.3. The predicted molar refractivity (Wildman–Crippen MR) is 60.6 cm³/mol. The Morgan fingerprint density at radius 2 is 2.14 bits per heavy atom. The maximum Gasteiger partial charge on any atom is 0.0770 e. The van der Waals surface area contributed by atoms with Gasteiger partial charge in [0, 0.05) is 17.7 Å². The fourth-order valence-electron chi connectivity index (χ4n) is 1.20. The minimum atomic E-state index is 0.986. The van der Waals surface area contributed by atoms with Gasteiger partial charge in [-0.05, 0) is 28.1 Å². The number of rotatable bonds is 2. The summed E-state index contributed by atoms with van der Waals surface area (Å²) in [6, 6.07) is 7.98. The molecular weight excluding hydrogens is 242 g/mol. The third kappa shape index (κ3) is 1.96. The Kier molecular flexibility index (Phi) is 2.54. The molecule has 1 N–H and O–H groups in total. The highest BCUT2D eigenvalue weighted by atomic mass is 79.9. The summed E-state index contributed by atoms with van der Waals surface area (Å²) in [5.41, 5.74) is 2.03. The SMILES string of the molecule is Cn1cc(Nc2ccccc2Br)cn1. The molecule has 0 saturated heterocycles. The highest BCUT2D eigenvalue weighted by Gasteiger charge is 1.99. The van der Waals surface area contributed by atoms with Crippen molar-refractivity contribution in [2.24, 2.45) is 7.05 Å². The van der Waals surface area contributed by atoms with E-state index < -0.39 is 0 Å². The van der Waals surface area contributed by atoms with E-state index in [9.17, 15) is 0 Å². The summed E-state index contributed by atoms with van der Waals surface area (Å²) in [4.78, 5) is 0. The molecule has 0 aliphatic carbocycles. The van der Waals surface area contributed by atoms with Gasteiger partial charge in [0.05, 0.1) is 17.6 Å². The maximum absolute atomic E-state index is 4.08. The van der Waals surface area contributed by atoms with E-state index in [-0.39, 0.29) is 0 Å². The van der Waals surface area contributed by atoms with Gasteiger partial charge in [-0.3, -0.25) is 4.68 Å². The molecule has 0 amide bonds. The minimum Gasteiger partial charge on any atom is -0.352 e. The van der Waals surface area contributed by atoms with E-state index in [2.05, 4.69) is 26.3 Å². The first-order chi connectivity index (χ1) is 6.75. The summed E-state index contributed by atoms with van der Waals surface area (Å²) in [6.45, 7) is 0. The van der Waals surface area contributed by atoms with Gasteiger partial charge in [0.2, 0.25) is 0 Å². The zero-order valence-corrected chi connectivity index (χ0v) is 9.32. The topological polar surface area (TPSA) is 29.9 Å². The molecule has 2 rings (SSSR count). The molecule has 1 aromatic carbocycles. The number of benzene rings is 1. The summed E-state index contributed by atoms with van der Waals surface area (Å²) >= 11 is 3.47. The van der Waals surface area contributed by atoms with Crippen LogP contribution in [-0.4, -0.2) is 9.78 Å². The predicted octanol–water partition coefficient (Wildman–Crippen LogP) is 2.93.